The minimum absolute atomic E-state index is 0.409. The van der Waals surface area contributed by atoms with Crippen LogP contribution in [-0.2, 0) is 11.0 Å². The molecule has 1 aromatic carbocycles. The van der Waals surface area contributed by atoms with Crippen molar-refractivity contribution in [2.75, 3.05) is 0 Å². The van der Waals surface area contributed by atoms with E-state index in [2.05, 4.69) is 76.8 Å². The zero-order valence-corrected chi connectivity index (χ0v) is 21.3. The van der Waals surface area contributed by atoms with Crippen LogP contribution in [0.4, 0.5) is 0 Å². The summed E-state index contributed by atoms with van der Waals surface area (Å²) in [5, 5.41) is 8.80. The van der Waals surface area contributed by atoms with Gasteiger partial charge in [-0.25, -0.2) is 0 Å². The molecular weight excluding hydrogens is 470 g/mol. The van der Waals surface area contributed by atoms with Gasteiger partial charge in [0.15, 0.2) is 0 Å². The predicted octanol–water partition coefficient (Wildman–Crippen LogP) is 4.84. The lowest BCUT2D eigenvalue weighted by molar-refractivity contribution is -0.119. The highest BCUT2D eigenvalue weighted by molar-refractivity contribution is 9.10. The Bertz CT molecular complexity index is 1030. The van der Waals surface area contributed by atoms with Crippen LogP contribution in [0.1, 0.15) is 54.1 Å². The van der Waals surface area contributed by atoms with Crippen LogP contribution in [0.3, 0.4) is 0 Å². The van der Waals surface area contributed by atoms with E-state index in [1.165, 1.54) is 5.56 Å². The van der Waals surface area contributed by atoms with Crippen LogP contribution in [0, 0.1) is 0 Å². The Balaban J connectivity index is 2.09. The van der Waals surface area contributed by atoms with Gasteiger partial charge in [0.2, 0.25) is 5.91 Å². The first kappa shape index (κ1) is 23.3. The Labute approximate surface area is 193 Å². The van der Waals surface area contributed by atoms with Crippen molar-refractivity contribution in [3.05, 3.63) is 75.8 Å². The van der Waals surface area contributed by atoms with Crippen molar-refractivity contribution in [3.8, 4) is 0 Å². The number of hydrogen-bond donors (Lipinski definition) is 1. The molecule has 0 bridgehead atoms. The molecule has 0 aliphatic heterocycles. The van der Waals surface area contributed by atoms with Crippen molar-refractivity contribution in [2.45, 2.75) is 57.4 Å². The van der Waals surface area contributed by atoms with Gasteiger partial charge < -0.3 is 5.73 Å². The molecule has 2 heterocycles. The van der Waals surface area contributed by atoms with Gasteiger partial charge in [-0.3, -0.25) is 14.5 Å². The number of amides is 1. The van der Waals surface area contributed by atoms with Gasteiger partial charge in [0.1, 0.15) is 0 Å². The quantitative estimate of drug-likeness (QED) is 0.449. The fraction of sp³-hybridized carbons (Fsp3) is 0.391. The molecule has 0 spiro atoms. The van der Waals surface area contributed by atoms with E-state index in [4.69, 9.17) is 5.73 Å². The lowest BCUT2D eigenvalue weighted by Crippen LogP contribution is -2.29. The summed E-state index contributed by atoms with van der Waals surface area (Å²) in [6.45, 7) is 11.1. The van der Waals surface area contributed by atoms with E-state index in [9.17, 15) is 4.79 Å². The molecule has 2 aromatic heterocycles. The van der Waals surface area contributed by atoms with Crippen LogP contribution >= 0.6 is 15.9 Å². The number of halogens is 1. The van der Waals surface area contributed by atoms with Gasteiger partial charge in [-0.05, 0) is 45.1 Å². The third kappa shape index (κ3) is 5.89. The van der Waals surface area contributed by atoms with Crippen LogP contribution in [-0.4, -0.2) is 34.0 Å². The summed E-state index contributed by atoms with van der Waals surface area (Å²) < 4.78 is 2.75. The second-order valence-electron chi connectivity index (χ2n) is 9.48. The molecule has 6 nitrogen and oxygen atoms in total. The molecule has 0 fully saturated rings. The summed E-state index contributed by atoms with van der Waals surface area (Å²) >= 11 is 3.44. The van der Waals surface area contributed by atoms with Crippen LogP contribution in [0.2, 0.25) is 19.6 Å². The largest absolute Gasteiger partial charge is 0.369 e. The summed E-state index contributed by atoms with van der Waals surface area (Å²) in [4.78, 5) is 17.3. The van der Waals surface area contributed by atoms with E-state index in [-0.39, 0.29) is 0 Å². The van der Waals surface area contributed by atoms with Crippen molar-refractivity contribution in [1.82, 2.24) is 20.0 Å². The molecule has 3 aromatic rings. The Kier molecular flexibility index (Phi) is 7.11. The summed E-state index contributed by atoms with van der Waals surface area (Å²) in [5.74, 6) is -1.03. The number of nitrogens with zero attached hydrogens (tertiary/aromatic N) is 4. The molecule has 0 aliphatic rings. The molecular formula is C23H30BrN5OSi. The monoisotopic (exact) mass is 499 g/mol. The maximum atomic E-state index is 12.7. The molecule has 1 unspecified atom stereocenters. The van der Waals surface area contributed by atoms with Crippen LogP contribution < -0.4 is 5.73 Å². The van der Waals surface area contributed by atoms with Crippen molar-refractivity contribution in [2.24, 2.45) is 5.73 Å². The molecule has 1 amide bonds. The average molecular weight is 501 g/mol. The van der Waals surface area contributed by atoms with Crippen molar-refractivity contribution in [1.29, 1.82) is 0 Å². The van der Waals surface area contributed by atoms with Crippen LogP contribution in [0.15, 0.2) is 53.3 Å². The number of pyridine rings is 1. The number of nitrogens with two attached hydrogens (primary N) is 1. The molecule has 2 N–H and O–H groups in total. The van der Waals surface area contributed by atoms with E-state index >= 15 is 0 Å². The van der Waals surface area contributed by atoms with Gasteiger partial charge in [-0.1, -0.05) is 63.0 Å². The minimum atomic E-state index is -1.39. The van der Waals surface area contributed by atoms with Gasteiger partial charge in [0.25, 0.3) is 0 Å². The zero-order valence-electron chi connectivity index (χ0n) is 18.7. The number of benzene rings is 1. The Hall–Kier alpha value is -2.32. The summed E-state index contributed by atoms with van der Waals surface area (Å²) in [5.41, 5.74) is 9.46. The third-order valence-electron chi connectivity index (χ3n) is 5.18. The highest BCUT2D eigenvalue weighted by atomic mass is 79.9. The summed E-state index contributed by atoms with van der Waals surface area (Å²) in [6, 6.07) is 11.9. The molecule has 0 saturated carbocycles. The third-order valence-corrected chi connectivity index (χ3v) is 6.92. The zero-order chi connectivity index (χ0) is 22.8. The molecule has 31 heavy (non-hydrogen) atoms. The van der Waals surface area contributed by atoms with E-state index in [0.717, 1.165) is 21.9 Å². The first-order chi connectivity index (χ1) is 14.5. The van der Waals surface area contributed by atoms with E-state index in [1.54, 1.807) is 6.20 Å². The molecule has 0 aliphatic carbocycles. The summed E-state index contributed by atoms with van der Waals surface area (Å²) in [6.07, 6.45) is 4.52. The van der Waals surface area contributed by atoms with Gasteiger partial charge in [0, 0.05) is 23.0 Å². The van der Waals surface area contributed by atoms with Crippen LogP contribution in [0.5, 0.6) is 0 Å². The average Bonchev–Trinajstić information content (AvgIpc) is 3.13. The SMILES string of the molecule is CC(C)c1ccc(C(C(N)=O)[C@H](c2ccc(Br)cn2)c2cn(C[Si](C)(C)C)nn2)cc1. The topological polar surface area (TPSA) is 86.7 Å². The molecule has 0 radical (unpaired) electrons. The first-order valence-corrected chi connectivity index (χ1v) is 15.0. The fourth-order valence-corrected chi connectivity index (χ4v) is 5.05. The predicted molar refractivity (Wildman–Crippen MR) is 130 cm³/mol. The second kappa shape index (κ2) is 9.44. The lowest BCUT2D eigenvalue weighted by atomic mass is 9.80. The van der Waals surface area contributed by atoms with E-state index < -0.39 is 25.8 Å². The highest BCUT2D eigenvalue weighted by Gasteiger charge is 2.34. The van der Waals surface area contributed by atoms with Gasteiger partial charge >= 0.3 is 0 Å². The van der Waals surface area contributed by atoms with E-state index in [0.29, 0.717) is 11.6 Å². The normalized spacial score (nSPS) is 13.9. The Morgan fingerprint density at radius 2 is 1.71 bits per heavy atom. The second-order valence-corrected chi connectivity index (χ2v) is 15.8. The highest BCUT2D eigenvalue weighted by Crippen LogP contribution is 2.37. The van der Waals surface area contributed by atoms with E-state index in [1.807, 2.05) is 35.1 Å². The lowest BCUT2D eigenvalue weighted by Gasteiger charge is -2.24. The molecule has 164 valence electrons. The number of hydrogen-bond acceptors (Lipinski definition) is 4. The first-order valence-electron chi connectivity index (χ1n) is 10.5. The maximum absolute atomic E-state index is 12.7. The van der Waals surface area contributed by atoms with Gasteiger partial charge in [-0.2, -0.15) is 0 Å². The maximum Gasteiger partial charge on any atom is 0.226 e. The van der Waals surface area contributed by atoms with Gasteiger partial charge in [0.05, 0.1) is 31.3 Å². The molecule has 8 heteroatoms. The number of rotatable bonds is 8. The van der Waals surface area contributed by atoms with Gasteiger partial charge in [-0.15, -0.1) is 5.10 Å². The fourth-order valence-electron chi connectivity index (χ4n) is 3.69. The van der Waals surface area contributed by atoms with Crippen molar-refractivity contribution >= 4 is 29.9 Å². The smallest absolute Gasteiger partial charge is 0.226 e. The minimum Gasteiger partial charge on any atom is -0.369 e. The molecule has 3 rings (SSSR count). The summed E-state index contributed by atoms with van der Waals surface area (Å²) in [7, 11) is -1.39. The Morgan fingerprint density at radius 3 is 2.23 bits per heavy atom. The van der Waals surface area contributed by atoms with Crippen molar-refractivity contribution < 1.29 is 4.79 Å². The standard InChI is InChI=1S/C23H30BrN5OSi/c1-15(2)16-6-8-17(9-7-16)21(23(25)30)22(19-11-10-18(24)12-26-19)20-13-29(28-27-20)14-31(3,4)5/h6-13,15,21-22H,14H2,1-5H3,(H2,25,30)/t21?,22-/m1/s1. The molecule has 0 saturated heterocycles. The number of carbonyl (C=O) groups is 1. The molecule has 2 atom stereocenters. The number of aromatic nitrogens is 4. The van der Waals surface area contributed by atoms with Crippen molar-refractivity contribution in [3.63, 3.8) is 0 Å². The number of carbonyl (C=O) groups excluding carboxylic acids is 1. The van der Waals surface area contributed by atoms with Crippen LogP contribution in [0.25, 0.3) is 0 Å². The Morgan fingerprint density at radius 1 is 1.06 bits per heavy atom. The number of primary amides is 1.